The number of carbonyl (C=O) groups is 2. The highest BCUT2D eigenvalue weighted by atomic mass is 35.5. The predicted octanol–water partition coefficient (Wildman–Crippen LogP) is 4.40. The highest BCUT2D eigenvalue weighted by Gasteiger charge is 2.40. The minimum absolute atomic E-state index is 0.0233. The number of ether oxygens (including phenoxy) is 1. The van der Waals surface area contributed by atoms with Gasteiger partial charge in [0.05, 0.1) is 12.8 Å². The van der Waals surface area contributed by atoms with E-state index in [0.29, 0.717) is 27.7 Å². The van der Waals surface area contributed by atoms with Crippen molar-refractivity contribution in [1.29, 1.82) is 0 Å². The largest absolute Gasteiger partial charge is 0.494 e. The number of halogens is 2. The Kier molecular flexibility index (Phi) is 4.94. The summed E-state index contributed by atoms with van der Waals surface area (Å²) >= 11 is 12.3. The van der Waals surface area contributed by atoms with Crippen LogP contribution < -0.4 is 15.0 Å². The van der Waals surface area contributed by atoms with Crippen LogP contribution in [-0.2, 0) is 9.59 Å². The number of rotatable bonds is 4. The summed E-state index contributed by atoms with van der Waals surface area (Å²) in [5, 5.41) is 3.23. The van der Waals surface area contributed by atoms with Gasteiger partial charge in [0.2, 0.25) is 0 Å². The Morgan fingerprint density at radius 3 is 2.27 bits per heavy atom. The predicted molar refractivity (Wildman–Crippen MR) is 103 cm³/mol. The highest BCUT2D eigenvalue weighted by molar-refractivity contribution is 6.53. The van der Waals surface area contributed by atoms with E-state index in [2.05, 4.69) is 5.32 Å². The minimum Gasteiger partial charge on any atom is -0.494 e. The van der Waals surface area contributed by atoms with E-state index >= 15 is 0 Å². The van der Waals surface area contributed by atoms with Crippen molar-refractivity contribution < 1.29 is 14.3 Å². The summed E-state index contributed by atoms with van der Waals surface area (Å²) < 4.78 is 5.28. The number of hydrogen-bond donors (Lipinski definition) is 1. The molecule has 1 heterocycles. The van der Waals surface area contributed by atoms with Gasteiger partial charge in [0.25, 0.3) is 11.8 Å². The smallest absolute Gasteiger partial charge is 0.283 e. The molecule has 0 spiro atoms. The molecule has 2 aromatic carbocycles. The summed E-state index contributed by atoms with van der Waals surface area (Å²) in [6.45, 7) is 3.73. The van der Waals surface area contributed by atoms with Gasteiger partial charge in [-0.2, -0.15) is 0 Å². The van der Waals surface area contributed by atoms with Crippen LogP contribution in [0.4, 0.5) is 11.4 Å². The Hall–Kier alpha value is -2.50. The summed E-state index contributed by atoms with van der Waals surface area (Å²) in [7, 11) is 1.44. The fourth-order valence-corrected chi connectivity index (χ4v) is 2.96. The van der Waals surface area contributed by atoms with Crippen LogP contribution in [0.5, 0.6) is 5.75 Å². The number of nitrogens with zero attached hydrogens (tertiary/aromatic N) is 1. The van der Waals surface area contributed by atoms with Gasteiger partial charge in [-0.05, 0) is 37.6 Å². The number of anilines is 2. The Morgan fingerprint density at radius 1 is 1.00 bits per heavy atom. The maximum absolute atomic E-state index is 12.9. The van der Waals surface area contributed by atoms with Crippen molar-refractivity contribution >= 4 is 46.4 Å². The molecule has 0 saturated carbocycles. The van der Waals surface area contributed by atoms with Gasteiger partial charge in [0.1, 0.15) is 16.5 Å². The minimum atomic E-state index is -0.619. The molecule has 26 heavy (non-hydrogen) atoms. The zero-order valence-electron chi connectivity index (χ0n) is 14.4. The van der Waals surface area contributed by atoms with E-state index in [1.54, 1.807) is 31.2 Å². The molecular weight excluding hydrogens is 375 g/mol. The Balaban J connectivity index is 1.98. The van der Waals surface area contributed by atoms with Crippen LogP contribution in [0.15, 0.2) is 47.1 Å². The van der Waals surface area contributed by atoms with E-state index in [-0.39, 0.29) is 10.7 Å². The summed E-state index contributed by atoms with van der Waals surface area (Å²) in [5.74, 6) is -0.866. The number of carbonyl (C=O) groups excluding carboxylic acids is 2. The number of methoxy groups -OCH3 is 1. The third kappa shape index (κ3) is 3.16. The van der Waals surface area contributed by atoms with Gasteiger partial charge in [0.15, 0.2) is 0 Å². The van der Waals surface area contributed by atoms with E-state index in [1.807, 2.05) is 19.1 Å². The molecule has 7 heteroatoms. The first kappa shape index (κ1) is 18.3. The molecule has 5 nitrogen and oxygen atoms in total. The lowest BCUT2D eigenvalue weighted by atomic mass is 10.2. The number of imide groups is 1. The number of nitrogens with one attached hydrogen (secondary N) is 1. The summed E-state index contributed by atoms with van der Waals surface area (Å²) in [4.78, 5) is 26.5. The molecule has 134 valence electrons. The van der Waals surface area contributed by atoms with Crippen molar-refractivity contribution in [3.05, 3.63) is 63.3 Å². The van der Waals surface area contributed by atoms with Crippen molar-refractivity contribution in [3.63, 3.8) is 0 Å². The molecule has 3 rings (SSSR count). The summed E-state index contributed by atoms with van der Waals surface area (Å²) in [6, 6.07) is 10.6. The van der Waals surface area contributed by atoms with E-state index in [9.17, 15) is 9.59 Å². The topological polar surface area (TPSA) is 58.6 Å². The van der Waals surface area contributed by atoms with Crippen LogP contribution in [0.25, 0.3) is 0 Å². The van der Waals surface area contributed by atoms with Crippen LogP contribution in [0.2, 0.25) is 5.02 Å². The van der Waals surface area contributed by atoms with Crippen molar-refractivity contribution in [1.82, 2.24) is 0 Å². The molecule has 2 aromatic rings. The fourth-order valence-electron chi connectivity index (χ4n) is 2.60. The van der Waals surface area contributed by atoms with E-state index in [1.165, 1.54) is 7.11 Å². The molecule has 0 unspecified atom stereocenters. The molecule has 1 N–H and O–H groups in total. The third-order valence-electron chi connectivity index (χ3n) is 4.05. The molecule has 0 bridgehead atoms. The monoisotopic (exact) mass is 390 g/mol. The van der Waals surface area contributed by atoms with Crippen LogP contribution in [-0.4, -0.2) is 18.9 Å². The molecule has 0 aliphatic carbocycles. The lowest BCUT2D eigenvalue weighted by Crippen LogP contribution is -2.32. The van der Waals surface area contributed by atoms with E-state index in [0.717, 1.165) is 10.5 Å². The first-order valence-corrected chi connectivity index (χ1v) is 8.55. The normalized spacial score (nSPS) is 14.3. The Labute approximate surface area is 161 Å². The molecule has 1 aliphatic heterocycles. The molecule has 0 atom stereocenters. The zero-order valence-corrected chi connectivity index (χ0v) is 15.9. The number of amides is 2. The molecule has 0 saturated heterocycles. The molecule has 0 fully saturated rings. The summed E-state index contributed by atoms with van der Waals surface area (Å²) in [5.41, 5.74) is 2.76. The first-order valence-electron chi connectivity index (χ1n) is 7.80. The van der Waals surface area contributed by atoms with Crippen molar-refractivity contribution in [2.75, 3.05) is 17.3 Å². The van der Waals surface area contributed by atoms with Gasteiger partial charge < -0.3 is 10.1 Å². The second-order valence-electron chi connectivity index (χ2n) is 5.90. The second kappa shape index (κ2) is 7.02. The van der Waals surface area contributed by atoms with E-state index in [4.69, 9.17) is 27.9 Å². The highest BCUT2D eigenvalue weighted by Crippen LogP contribution is 2.38. The summed E-state index contributed by atoms with van der Waals surface area (Å²) in [6.07, 6.45) is 0. The van der Waals surface area contributed by atoms with Gasteiger partial charge in [-0.3, -0.25) is 9.59 Å². The third-order valence-corrected chi connectivity index (χ3v) is 4.81. The van der Waals surface area contributed by atoms with Crippen LogP contribution >= 0.6 is 23.2 Å². The SMILES string of the molecule is COc1cc(Cl)c(C)cc1N1C(=O)C(Cl)=C(Nc2ccc(C)cc2)C1=O. The van der Waals surface area contributed by atoms with Crippen LogP contribution in [0.3, 0.4) is 0 Å². The molecule has 2 amide bonds. The zero-order chi connectivity index (χ0) is 19.0. The number of benzene rings is 2. The maximum atomic E-state index is 12.9. The van der Waals surface area contributed by atoms with Crippen LogP contribution in [0.1, 0.15) is 11.1 Å². The molecule has 0 aromatic heterocycles. The first-order chi connectivity index (χ1) is 12.3. The molecule has 1 aliphatic rings. The standard InChI is InChI=1S/C19H16Cl2N2O3/c1-10-4-6-12(7-5-10)22-17-16(21)18(24)23(19(17)25)14-8-11(2)13(20)9-15(14)26-3/h4-9,22H,1-3H3. The van der Waals surface area contributed by atoms with Crippen molar-refractivity contribution in [3.8, 4) is 5.75 Å². The van der Waals surface area contributed by atoms with Crippen LogP contribution in [0, 0.1) is 13.8 Å². The van der Waals surface area contributed by atoms with Crippen molar-refractivity contribution in [2.24, 2.45) is 0 Å². The average Bonchev–Trinajstić information content (AvgIpc) is 2.82. The Morgan fingerprint density at radius 2 is 1.65 bits per heavy atom. The van der Waals surface area contributed by atoms with E-state index < -0.39 is 11.8 Å². The fraction of sp³-hybridized carbons (Fsp3) is 0.158. The number of hydrogen-bond acceptors (Lipinski definition) is 4. The van der Waals surface area contributed by atoms with Crippen molar-refractivity contribution in [2.45, 2.75) is 13.8 Å². The second-order valence-corrected chi connectivity index (χ2v) is 6.68. The molecular formula is C19H16Cl2N2O3. The lowest BCUT2D eigenvalue weighted by molar-refractivity contribution is -0.120. The van der Waals surface area contributed by atoms with Gasteiger partial charge in [-0.1, -0.05) is 40.9 Å². The average molecular weight is 391 g/mol. The van der Waals surface area contributed by atoms with Gasteiger partial charge in [0, 0.05) is 16.8 Å². The van der Waals surface area contributed by atoms with Gasteiger partial charge in [-0.25, -0.2) is 4.90 Å². The maximum Gasteiger partial charge on any atom is 0.283 e. The lowest BCUT2D eigenvalue weighted by Gasteiger charge is -2.19. The quantitative estimate of drug-likeness (QED) is 0.785. The van der Waals surface area contributed by atoms with Gasteiger partial charge >= 0.3 is 0 Å². The molecule has 0 radical (unpaired) electrons. The van der Waals surface area contributed by atoms with Gasteiger partial charge in [-0.15, -0.1) is 0 Å². The Bertz CT molecular complexity index is 937. The number of aryl methyl sites for hydroxylation is 2.